The summed E-state index contributed by atoms with van der Waals surface area (Å²) in [6, 6.07) is 89.5. The molecule has 0 spiro atoms. The van der Waals surface area contributed by atoms with E-state index in [-0.39, 0.29) is 0 Å². The standard InChI is InChI=1S/C62H40/c1-3-18-41(19-4-1)43-23-17-24-44(36-43)48-37-46-34-35-47(62-56-32-15-13-30-54(56)61(42-20-5-2-6-21-42)55-31-14-16-33-57(55)62)39-58(46)60(40-48)53-29-12-11-28-52(53)59-38-45-22-7-8-25-49(45)50-26-9-10-27-51(50)59/h1-40H. The van der Waals surface area contributed by atoms with Crippen molar-refractivity contribution >= 4 is 53.9 Å². The van der Waals surface area contributed by atoms with E-state index in [0.29, 0.717) is 0 Å². The highest BCUT2D eigenvalue weighted by molar-refractivity contribution is 6.22. The Bertz CT molecular complexity index is 3610. The summed E-state index contributed by atoms with van der Waals surface area (Å²) in [6.45, 7) is 0. The van der Waals surface area contributed by atoms with E-state index in [0.717, 1.165) is 0 Å². The van der Waals surface area contributed by atoms with Gasteiger partial charge in [-0.2, -0.15) is 0 Å². The van der Waals surface area contributed by atoms with Crippen LogP contribution in [0, 0.1) is 0 Å². The van der Waals surface area contributed by atoms with Crippen LogP contribution in [0.2, 0.25) is 0 Å². The van der Waals surface area contributed by atoms with Gasteiger partial charge in [-0.1, -0.05) is 212 Å². The molecule has 12 aromatic rings. The maximum Gasteiger partial charge on any atom is -0.00261 e. The van der Waals surface area contributed by atoms with Gasteiger partial charge in [0.25, 0.3) is 0 Å². The lowest BCUT2D eigenvalue weighted by atomic mass is 9.83. The lowest BCUT2D eigenvalue weighted by Crippen LogP contribution is -1.93. The van der Waals surface area contributed by atoms with Gasteiger partial charge in [-0.25, -0.2) is 0 Å². The summed E-state index contributed by atoms with van der Waals surface area (Å²) in [5, 5.41) is 12.5. The van der Waals surface area contributed by atoms with Crippen molar-refractivity contribution in [2.75, 3.05) is 0 Å². The Morgan fingerprint density at radius 1 is 0.161 bits per heavy atom. The van der Waals surface area contributed by atoms with Gasteiger partial charge in [-0.15, -0.1) is 0 Å². The van der Waals surface area contributed by atoms with Crippen molar-refractivity contribution in [2.45, 2.75) is 0 Å². The summed E-state index contributed by atoms with van der Waals surface area (Å²) in [4.78, 5) is 0. The fourth-order valence-corrected chi connectivity index (χ4v) is 10.00. The van der Waals surface area contributed by atoms with Gasteiger partial charge >= 0.3 is 0 Å². The average Bonchev–Trinajstić information content (AvgIpc) is 3.35. The zero-order chi connectivity index (χ0) is 41.0. The molecule has 0 amide bonds. The summed E-state index contributed by atoms with van der Waals surface area (Å²) in [5.74, 6) is 0. The Morgan fingerprint density at radius 3 is 1.26 bits per heavy atom. The van der Waals surface area contributed by atoms with Crippen LogP contribution >= 0.6 is 0 Å². The van der Waals surface area contributed by atoms with Crippen molar-refractivity contribution in [3.05, 3.63) is 243 Å². The molecule has 0 heterocycles. The second-order valence-electron chi connectivity index (χ2n) is 16.4. The molecular weight excluding hydrogens is 745 g/mol. The van der Waals surface area contributed by atoms with Crippen LogP contribution in [0.25, 0.3) is 121 Å². The highest BCUT2D eigenvalue weighted by atomic mass is 14.2. The van der Waals surface area contributed by atoms with E-state index in [4.69, 9.17) is 0 Å². The lowest BCUT2D eigenvalue weighted by molar-refractivity contribution is 1.59. The number of rotatable bonds is 6. The Labute approximate surface area is 361 Å². The Kier molecular flexibility index (Phi) is 8.61. The Balaban J connectivity index is 1.15. The van der Waals surface area contributed by atoms with Crippen LogP contribution in [0.15, 0.2) is 243 Å². The fourth-order valence-electron chi connectivity index (χ4n) is 10.00. The van der Waals surface area contributed by atoms with Gasteiger partial charge in [-0.05, 0) is 151 Å². The molecule has 0 heteroatoms. The first-order valence-corrected chi connectivity index (χ1v) is 21.5. The summed E-state index contributed by atoms with van der Waals surface area (Å²) < 4.78 is 0. The van der Waals surface area contributed by atoms with Crippen molar-refractivity contribution in [3.8, 4) is 66.8 Å². The van der Waals surface area contributed by atoms with Gasteiger partial charge < -0.3 is 0 Å². The SMILES string of the molecule is c1ccc(-c2cccc(-c3cc(-c4ccccc4-c4cc5ccccc5c5ccccc45)c4cc(-c5c6ccccc6c(-c6ccccc6)c6ccccc56)ccc4c3)c2)cc1. The van der Waals surface area contributed by atoms with Crippen LogP contribution in [0.4, 0.5) is 0 Å². The molecule has 12 rings (SSSR count). The first-order chi connectivity index (χ1) is 30.8. The fraction of sp³-hybridized carbons (Fsp3) is 0. The highest BCUT2D eigenvalue weighted by Gasteiger charge is 2.20. The molecule has 0 saturated heterocycles. The maximum absolute atomic E-state index is 2.46. The van der Waals surface area contributed by atoms with Crippen molar-refractivity contribution < 1.29 is 0 Å². The van der Waals surface area contributed by atoms with Crippen LogP contribution in [0.1, 0.15) is 0 Å². The minimum atomic E-state index is 1.19. The Hall–Kier alpha value is -8.06. The molecule has 0 saturated carbocycles. The average molecular weight is 785 g/mol. The molecule has 0 aromatic heterocycles. The van der Waals surface area contributed by atoms with Crippen molar-refractivity contribution in [3.63, 3.8) is 0 Å². The third kappa shape index (κ3) is 5.99. The highest BCUT2D eigenvalue weighted by Crippen LogP contribution is 2.47. The predicted octanol–water partition coefficient (Wildman–Crippen LogP) is 17.5. The third-order valence-electron chi connectivity index (χ3n) is 12.8. The molecule has 0 aliphatic carbocycles. The zero-order valence-electron chi connectivity index (χ0n) is 34.1. The molecule has 0 unspecified atom stereocenters. The molecule has 12 aromatic carbocycles. The van der Waals surface area contributed by atoms with Crippen molar-refractivity contribution in [1.29, 1.82) is 0 Å². The van der Waals surface area contributed by atoms with E-state index in [1.807, 2.05) is 0 Å². The van der Waals surface area contributed by atoms with E-state index >= 15 is 0 Å². The normalized spacial score (nSPS) is 11.5. The molecule has 0 N–H and O–H groups in total. The van der Waals surface area contributed by atoms with Crippen molar-refractivity contribution in [2.24, 2.45) is 0 Å². The summed E-state index contributed by atoms with van der Waals surface area (Å²) in [6.07, 6.45) is 0. The van der Waals surface area contributed by atoms with Crippen LogP contribution in [0.3, 0.4) is 0 Å². The molecule has 0 bridgehead atoms. The van der Waals surface area contributed by atoms with Gasteiger partial charge in [0.2, 0.25) is 0 Å². The van der Waals surface area contributed by atoms with Gasteiger partial charge in [0.1, 0.15) is 0 Å². The Morgan fingerprint density at radius 2 is 0.613 bits per heavy atom. The second-order valence-corrected chi connectivity index (χ2v) is 16.4. The van der Waals surface area contributed by atoms with Gasteiger partial charge in [0.05, 0.1) is 0 Å². The number of fused-ring (bicyclic) bond motifs is 6. The smallest absolute Gasteiger partial charge is 0.00261 e. The molecule has 62 heavy (non-hydrogen) atoms. The largest absolute Gasteiger partial charge is 0.0622 e. The number of hydrogen-bond donors (Lipinski definition) is 0. The molecule has 0 fully saturated rings. The van der Waals surface area contributed by atoms with E-state index in [2.05, 4.69) is 243 Å². The second kappa shape index (κ2) is 14.9. The first kappa shape index (κ1) is 35.8. The summed E-state index contributed by atoms with van der Waals surface area (Å²) >= 11 is 0. The number of benzene rings is 12. The van der Waals surface area contributed by atoms with Crippen LogP contribution in [-0.2, 0) is 0 Å². The maximum atomic E-state index is 2.46. The molecule has 0 radical (unpaired) electrons. The van der Waals surface area contributed by atoms with E-state index < -0.39 is 0 Å². The number of hydrogen-bond acceptors (Lipinski definition) is 0. The summed E-state index contributed by atoms with van der Waals surface area (Å²) in [7, 11) is 0. The van der Waals surface area contributed by atoms with Gasteiger partial charge in [-0.3, -0.25) is 0 Å². The molecule has 0 atom stereocenters. The quantitative estimate of drug-likeness (QED) is 0.116. The van der Waals surface area contributed by atoms with E-state index in [9.17, 15) is 0 Å². The van der Waals surface area contributed by atoms with Crippen LogP contribution < -0.4 is 0 Å². The van der Waals surface area contributed by atoms with Crippen molar-refractivity contribution in [1.82, 2.24) is 0 Å². The zero-order valence-corrected chi connectivity index (χ0v) is 34.1. The molecule has 0 aliphatic rings. The summed E-state index contributed by atoms with van der Waals surface area (Å²) in [5.41, 5.74) is 14.7. The predicted molar refractivity (Wildman–Crippen MR) is 267 cm³/mol. The monoisotopic (exact) mass is 784 g/mol. The molecule has 0 aliphatic heterocycles. The lowest BCUT2D eigenvalue weighted by Gasteiger charge is -2.20. The molecular formula is C62H40. The van der Waals surface area contributed by atoms with Gasteiger partial charge in [0, 0.05) is 0 Å². The van der Waals surface area contributed by atoms with Crippen LogP contribution in [0.5, 0.6) is 0 Å². The van der Waals surface area contributed by atoms with Crippen LogP contribution in [-0.4, -0.2) is 0 Å². The third-order valence-corrected chi connectivity index (χ3v) is 12.8. The van der Waals surface area contributed by atoms with E-state index in [1.54, 1.807) is 0 Å². The minimum absolute atomic E-state index is 1.19. The molecule has 0 nitrogen and oxygen atoms in total. The van der Waals surface area contributed by atoms with E-state index in [1.165, 1.54) is 121 Å². The topological polar surface area (TPSA) is 0 Å². The first-order valence-electron chi connectivity index (χ1n) is 21.5. The molecule has 288 valence electrons. The van der Waals surface area contributed by atoms with Gasteiger partial charge in [0.15, 0.2) is 0 Å². The minimum Gasteiger partial charge on any atom is -0.0622 e.